The Kier molecular flexibility index (Phi) is 5.21. The van der Waals surface area contributed by atoms with Crippen molar-refractivity contribution < 1.29 is 9.90 Å². The van der Waals surface area contributed by atoms with Gasteiger partial charge >= 0.3 is 0 Å². The molecule has 0 bridgehead atoms. The lowest BCUT2D eigenvalue weighted by atomic mass is 9.86. The Balaban J connectivity index is 2.15. The highest BCUT2D eigenvalue weighted by molar-refractivity contribution is 9.10. The van der Waals surface area contributed by atoms with Crippen molar-refractivity contribution in [1.29, 1.82) is 0 Å². The van der Waals surface area contributed by atoms with Gasteiger partial charge in [0, 0.05) is 10.0 Å². The molecular weight excluding hydrogens is 356 g/mol. The monoisotopic (exact) mass is 374 g/mol. The summed E-state index contributed by atoms with van der Waals surface area (Å²) in [6.07, 6.45) is 1.44. The first kappa shape index (κ1) is 17.2. The molecule has 0 aliphatic carbocycles. The molecule has 2 rings (SSSR count). The number of phenols is 1. The summed E-state index contributed by atoms with van der Waals surface area (Å²) in [4.78, 5) is 12.0. The molecule has 0 spiro atoms. The quantitative estimate of drug-likeness (QED) is 0.624. The van der Waals surface area contributed by atoms with E-state index in [1.54, 1.807) is 24.3 Å². The minimum absolute atomic E-state index is 0.0333. The number of amides is 1. The van der Waals surface area contributed by atoms with Gasteiger partial charge in [0.15, 0.2) is 0 Å². The molecular formula is C18H19BrN2O2. The number of hydrogen-bond acceptors (Lipinski definition) is 3. The predicted molar refractivity (Wildman–Crippen MR) is 96.0 cm³/mol. The van der Waals surface area contributed by atoms with Crippen LogP contribution in [0, 0.1) is 0 Å². The van der Waals surface area contributed by atoms with E-state index in [0.29, 0.717) is 15.6 Å². The van der Waals surface area contributed by atoms with Gasteiger partial charge in [-0.25, -0.2) is 5.43 Å². The molecule has 1 amide bonds. The standard InChI is InChI=1S/C18H19BrN2O2/c1-18(2,3)13-8-9-16(22)12(10-13)11-20-21-17(23)14-6-4-5-7-15(14)19/h4-11,22H,1-3H3,(H,21,23)/b20-11+. The molecule has 0 radical (unpaired) electrons. The fourth-order valence-corrected chi connectivity index (χ4v) is 2.46. The number of halogens is 1. The number of hydrogen-bond donors (Lipinski definition) is 2. The molecule has 23 heavy (non-hydrogen) atoms. The van der Waals surface area contributed by atoms with Crippen LogP contribution >= 0.6 is 15.9 Å². The first-order valence-corrected chi connectivity index (χ1v) is 8.00. The Morgan fingerprint density at radius 3 is 2.57 bits per heavy atom. The van der Waals surface area contributed by atoms with E-state index in [-0.39, 0.29) is 17.1 Å². The number of phenolic OH excluding ortho intramolecular Hbond substituents is 1. The summed E-state index contributed by atoms with van der Waals surface area (Å²) in [7, 11) is 0. The van der Waals surface area contributed by atoms with Crippen molar-refractivity contribution in [3.63, 3.8) is 0 Å². The molecule has 0 atom stereocenters. The number of carbonyl (C=O) groups is 1. The molecule has 0 fully saturated rings. The van der Waals surface area contributed by atoms with Crippen LogP contribution in [-0.4, -0.2) is 17.2 Å². The number of carbonyl (C=O) groups excluding carboxylic acids is 1. The highest BCUT2D eigenvalue weighted by atomic mass is 79.9. The van der Waals surface area contributed by atoms with Gasteiger partial charge in [0.05, 0.1) is 11.8 Å². The molecule has 4 nitrogen and oxygen atoms in total. The van der Waals surface area contributed by atoms with Gasteiger partial charge in [-0.1, -0.05) is 39.0 Å². The SMILES string of the molecule is CC(C)(C)c1ccc(O)c(/C=N/NC(=O)c2ccccc2Br)c1. The average molecular weight is 375 g/mol. The van der Waals surface area contributed by atoms with Crippen molar-refractivity contribution in [3.8, 4) is 5.75 Å². The highest BCUT2D eigenvalue weighted by Crippen LogP contribution is 2.26. The first-order chi connectivity index (χ1) is 10.8. The van der Waals surface area contributed by atoms with Gasteiger partial charge in [-0.15, -0.1) is 0 Å². The minimum Gasteiger partial charge on any atom is -0.507 e. The molecule has 0 heterocycles. The van der Waals surface area contributed by atoms with Crippen molar-refractivity contribution in [2.24, 2.45) is 5.10 Å². The van der Waals surface area contributed by atoms with E-state index < -0.39 is 0 Å². The maximum atomic E-state index is 12.0. The lowest BCUT2D eigenvalue weighted by Gasteiger charge is -2.19. The molecule has 0 saturated heterocycles. The number of aromatic hydroxyl groups is 1. The Labute approximate surface area is 144 Å². The molecule has 0 unspecified atom stereocenters. The summed E-state index contributed by atoms with van der Waals surface area (Å²) < 4.78 is 0.699. The third-order valence-corrected chi connectivity index (χ3v) is 4.07. The first-order valence-electron chi connectivity index (χ1n) is 7.20. The highest BCUT2D eigenvalue weighted by Gasteiger charge is 2.15. The molecule has 0 aliphatic rings. The van der Waals surface area contributed by atoms with Crippen LogP contribution < -0.4 is 5.43 Å². The summed E-state index contributed by atoms with van der Waals surface area (Å²) in [6.45, 7) is 6.28. The summed E-state index contributed by atoms with van der Waals surface area (Å²) in [5, 5.41) is 13.9. The maximum Gasteiger partial charge on any atom is 0.272 e. The predicted octanol–water partition coefficient (Wildman–Crippen LogP) is 4.22. The Hall–Kier alpha value is -2.14. The topological polar surface area (TPSA) is 61.7 Å². The third kappa shape index (κ3) is 4.42. The van der Waals surface area contributed by atoms with E-state index in [9.17, 15) is 9.90 Å². The fourth-order valence-electron chi connectivity index (χ4n) is 1.99. The van der Waals surface area contributed by atoms with Crippen LogP contribution in [0.4, 0.5) is 0 Å². The zero-order valence-electron chi connectivity index (χ0n) is 13.3. The third-order valence-electron chi connectivity index (χ3n) is 3.38. The molecule has 2 aromatic carbocycles. The van der Waals surface area contributed by atoms with Crippen LogP contribution in [0.2, 0.25) is 0 Å². The molecule has 2 N–H and O–H groups in total. The largest absolute Gasteiger partial charge is 0.507 e. The second-order valence-electron chi connectivity index (χ2n) is 6.20. The molecule has 5 heteroatoms. The van der Waals surface area contributed by atoms with Gasteiger partial charge in [0.25, 0.3) is 5.91 Å². The maximum absolute atomic E-state index is 12.0. The zero-order chi connectivity index (χ0) is 17.0. The van der Waals surface area contributed by atoms with Crippen molar-refractivity contribution in [1.82, 2.24) is 5.43 Å². The van der Waals surface area contributed by atoms with E-state index in [4.69, 9.17) is 0 Å². The van der Waals surface area contributed by atoms with Crippen molar-refractivity contribution in [2.75, 3.05) is 0 Å². The van der Waals surface area contributed by atoms with Crippen LogP contribution in [0.3, 0.4) is 0 Å². The Bertz CT molecular complexity index is 749. The second-order valence-corrected chi connectivity index (χ2v) is 7.06. The van der Waals surface area contributed by atoms with Crippen molar-refractivity contribution >= 4 is 28.1 Å². The zero-order valence-corrected chi connectivity index (χ0v) is 14.9. The van der Waals surface area contributed by atoms with Crippen LogP contribution in [0.25, 0.3) is 0 Å². The number of rotatable bonds is 3. The molecule has 2 aromatic rings. The summed E-state index contributed by atoms with van der Waals surface area (Å²) in [5.74, 6) is -0.197. The summed E-state index contributed by atoms with van der Waals surface area (Å²) >= 11 is 3.32. The fraction of sp³-hybridized carbons (Fsp3) is 0.222. The normalized spacial score (nSPS) is 11.7. The van der Waals surface area contributed by atoms with Crippen LogP contribution in [0.5, 0.6) is 5.75 Å². The Morgan fingerprint density at radius 1 is 1.22 bits per heavy atom. The molecule has 0 saturated carbocycles. The van der Waals surface area contributed by atoms with E-state index in [1.165, 1.54) is 6.21 Å². The average Bonchev–Trinajstić information content (AvgIpc) is 2.48. The number of benzene rings is 2. The van der Waals surface area contributed by atoms with Crippen LogP contribution in [-0.2, 0) is 5.41 Å². The van der Waals surface area contributed by atoms with E-state index in [0.717, 1.165) is 5.56 Å². The molecule has 0 aromatic heterocycles. The van der Waals surface area contributed by atoms with E-state index in [1.807, 2.05) is 18.2 Å². The number of nitrogens with zero attached hydrogens (tertiary/aromatic N) is 1. The lowest BCUT2D eigenvalue weighted by molar-refractivity contribution is 0.0954. The minimum atomic E-state index is -0.319. The summed E-state index contributed by atoms with van der Waals surface area (Å²) in [5.41, 5.74) is 4.57. The van der Waals surface area contributed by atoms with E-state index in [2.05, 4.69) is 47.2 Å². The van der Waals surface area contributed by atoms with Crippen LogP contribution in [0.15, 0.2) is 52.0 Å². The molecule has 120 valence electrons. The lowest BCUT2D eigenvalue weighted by Crippen LogP contribution is -2.18. The summed E-state index contributed by atoms with van der Waals surface area (Å²) in [6, 6.07) is 12.5. The van der Waals surface area contributed by atoms with Crippen LogP contribution in [0.1, 0.15) is 42.3 Å². The Morgan fingerprint density at radius 2 is 1.91 bits per heavy atom. The smallest absolute Gasteiger partial charge is 0.272 e. The van der Waals surface area contributed by atoms with E-state index >= 15 is 0 Å². The second kappa shape index (κ2) is 6.96. The number of nitrogens with one attached hydrogen (secondary N) is 1. The van der Waals surface area contributed by atoms with Gasteiger partial charge < -0.3 is 5.11 Å². The number of hydrazone groups is 1. The van der Waals surface area contributed by atoms with Gasteiger partial charge in [-0.3, -0.25) is 4.79 Å². The van der Waals surface area contributed by atoms with Gasteiger partial charge in [-0.2, -0.15) is 5.10 Å². The van der Waals surface area contributed by atoms with Gasteiger partial charge in [-0.05, 0) is 51.2 Å². The van der Waals surface area contributed by atoms with Gasteiger partial charge in [0.2, 0.25) is 0 Å². The van der Waals surface area contributed by atoms with Crippen molar-refractivity contribution in [2.45, 2.75) is 26.2 Å². The molecule has 0 aliphatic heterocycles. The van der Waals surface area contributed by atoms with Gasteiger partial charge in [0.1, 0.15) is 5.75 Å². The van der Waals surface area contributed by atoms with Crippen molar-refractivity contribution in [3.05, 3.63) is 63.6 Å².